The summed E-state index contributed by atoms with van der Waals surface area (Å²) in [5.41, 5.74) is 2.12. The minimum Gasteiger partial charge on any atom is -0.508 e. The van der Waals surface area contributed by atoms with Gasteiger partial charge in [0.05, 0.1) is 5.02 Å². The predicted molar refractivity (Wildman–Crippen MR) is 89.8 cm³/mol. The molecule has 1 heterocycles. The zero-order chi connectivity index (χ0) is 15.7. The van der Waals surface area contributed by atoms with E-state index in [9.17, 15) is 5.11 Å². The highest BCUT2D eigenvalue weighted by molar-refractivity contribution is 6.32. The van der Waals surface area contributed by atoms with Crippen LogP contribution in [0.4, 0.5) is 0 Å². The molecule has 0 saturated carbocycles. The van der Waals surface area contributed by atoms with Crippen LogP contribution in [-0.2, 0) is 6.61 Å². The van der Waals surface area contributed by atoms with Gasteiger partial charge in [0, 0.05) is 28.7 Å². The molecular weight excluding hydrogens is 298 g/mol. The Kier molecular flexibility index (Phi) is 3.99. The molecule has 3 rings (SSSR count). The van der Waals surface area contributed by atoms with E-state index in [-0.39, 0.29) is 5.75 Å². The normalized spacial score (nSPS) is 11.3. The number of phenols is 1. The summed E-state index contributed by atoms with van der Waals surface area (Å²) >= 11 is 6.12. The van der Waals surface area contributed by atoms with Gasteiger partial charge in [0.15, 0.2) is 0 Å². The lowest BCUT2D eigenvalue weighted by Gasteiger charge is -2.08. The van der Waals surface area contributed by atoms with Crippen LogP contribution in [0, 0.1) is 0 Å². The van der Waals surface area contributed by atoms with E-state index in [1.165, 1.54) is 0 Å². The number of para-hydroxylation sites is 1. The Morgan fingerprint density at radius 3 is 2.68 bits per heavy atom. The van der Waals surface area contributed by atoms with Gasteiger partial charge < -0.3 is 14.4 Å². The fraction of sp³-hybridized carbons (Fsp3) is 0.222. The van der Waals surface area contributed by atoms with Crippen LogP contribution < -0.4 is 4.74 Å². The van der Waals surface area contributed by atoms with Crippen LogP contribution in [0.15, 0.2) is 48.7 Å². The Labute approximate surface area is 134 Å². The number of fused-ring (bicyclic) bond motifs is 1. The van der Waals surface area contributed by atoms with Crippen molar-refractivity contribution in [2.75, 3.05) is 0 Å². The molecule has 0 bridgehead atoms. The van der Waals surface area contributed by atoms with Crippen molar-refractivity contribution in [2.45, 2.75) is 26.5 Å². The molecule has 0 aliphatic heterocycles. The molecule has 0 amide bonds. The Bertz CT molecular complexity index is 808. The molecule has 2 aromatic carbocycles. The van der Waals surface area contributed by atoms with Crippen LogP contribution in [0.1, 0.15) is 25.5 Å². The van der Waals surface area contributed by atoms with Crippen molar-refractivity contribution >= 4 is 22.5 Å². The number of halogens is 1. The maximum Gasteiger partial charge on any atom is 0.138 e. The lowest BCUT2D eigenvalue weighted by Crippen LogP contribution is -1.98. The molecule has 0 spiro atoms. The van der Waals surface area contributed by atoms with Gasteiger partial charge in [0.25, 0.3) is 0 Å². The monoisotopic (exact) mass is 315 g/mol. The molecule has 1 aromatic heterocycles. The summed E-state index contributed by atoms with van der Waals surface area (Å²) in [5, 5.41) is 11.4. The highest BCUT2D eigenvalue weighted by Crippen LogP contribution is 2.30. The summed E-state index contributed by atoms with van der Waals surface area (Å²) in [6, 6.07) is 13.2. The van der Waals surface area contributed by atoms with Crippen LogP contribution in [0.2, 0.25) is 5.02 Å². The number of phenolic OH excluding ortho intramolecular Hbond substituents is 1. The maximum atomic E-state index is 9.76. The molecule has 3 aromatic rings. The van der Waals surface area contributed by atoms with E-state index in [0.29, 0.717) is 23.4 Å². The second-order valence-corrected chi connectivity index (χ2v) is 5.98. The highest BCUT2D eigenvalue weighted by atomic mass is 35.5. The first kappa shape index (κ1) is 14.8. The molecule has 3 nitrogen and oxygen atoms in total. The Balaban J connectivity index is 1.96. The molecule has 0 unspecified atom stereocenters. The van der Waals surface area contributed by atoms with Crippen LogP contribution >= 0.6 is 11.6 Å². The standard InChI is InChI=1S/C18H18ClNO2/c1-12(2)20-10-13(15-9-14(21)7-8-17(15)20)11-22-18-6-4-3-5-16(18)19/h3-10,12,21H,11H2,1-2H3. The molecule has 0 atom stereocenters. The van der Waals surface area contributed by atoms with Gasteiger partial charge in [0.1, 0.15) is 18.1 Å². The van der Waals surface area contributed by atoms with Crippen LogP contribution in [-0.4, -0.2) is 9.67 Å². The number of rotatable bonds is 4. The summed E-state index contributed by atoms with van der Waals surface area (Å²) in [6.45, 7) is 4.67. The van der Waals surface area contributed by atoms with Crippen molar-refractivity contribution in [3.8, 4) is 11.5 Å². The summed E-state index contributed by atoms with van der Waals surface area (Å²) in [6.07, 6.45) is 2.08. The zero-order valence-electron chi connectivity index (χ0n) is 12.6. The van der Waals surface area contributed by atoms with E-state index in [4.69, 9.17) is 16.3 Å². The van der Waals surface area contributed by atoms with Gasteiger partial charge in [-0.15, -0.1) is 0 Å². The molecule has 0 fully saturated rings. The first-order valence-corrected chi connectivity index (χ1v) is 7.64. The van der Waals surface area contributed by atoms with Gasteiger partial charge >= 0.3 is 0 Å². The average molecular weight is 316 g/mol. The molecule has 0 aliphatic carbocycles. The van der Waals surface area contributed by atoms with Gasteiger partial charge in [-0.2, -0.15) is 0 Å². The first-order valence-electron chi connectivity index (χ1n) is 7.26. The van der Waals surface area contributed by atoms with Gasteiger partial charge in [-0.3, -0.25) is 0 Å². The summed E-state index contributed by atoms with van der Waals surface area (Å²) in [5.74, 6) is 0.919. The number of hydrogen-bond donors (Lipinski definition) is 1. The van der Waals surface area contributed by atoms with Gasteiger partial charge in [-0.25, -0.2) is 0 Å². The van der Waals surface area contributed by atoms with Crippen molar-refractivity contribution in [2.24, 2.45) is 0 Å². The van der Waals surface area contributed by atoms with Gasteiger partial charge in [0.2, 0.25) is 0 Å². The third-order valence-electron chi connectivity index (χ3n) is 3.68. The van der Waals surface area contributed by atoms with E-state index in [2.05, 4.69) is 24.6 Å². The fourth-order valence-corrected chi connectivity index (χ4v) is 2.76. The van der Waals surface area contributed by atoms with Crippen LogP contribution in [0.3, 0.4) is 0 Å². The number of nitrogens with zero attached hydrogens (tertiary/aromatic N) is 1. The maximum absolute atomic E-state index is 9.76. The topological polar surface area (TPSA) is 34.4 Å². The Morgan fingerprint density at radius 2 is 1.95 bits per heavy atom. The number of hydrogen-bond acceptors (Lipinski definition) is 2. The number of ether oxygens (including phenoxy) is 1. The number of aromatic nitrogens is 1. The number of aromatic hydroxyl groups is 1. The highest BCUT2D eigenvalue weighted by Gasteiger charge is 2.12. The molecule has 0 radical (unpaired) electrons. The van der Waals surface area contributed by atoms with E-state index in [1.807, 2.05) is 24.3 Å². The largest absolute Gasteiger partial charge is 0.508 e. The lowest BCUT2D eigenvalue weighted by atomic mass is 10.2. The minimum atomic E-state index is 0.257. The third kappa shape index (κ3) is 2.77. The minimum absolute atomic E-state index is 0.257. The summed E-state index contributed by atoms with van der Waals surface area (Å²) in [4.78, 5) is 0. The lowest BCUT2D eigenvalue weighted by molar-refractivity contribution is 0.307. The molecular formula is C18H18ClNO2. The van der Waals surface area contributed by atoms with E-state index < -0.39 is 0 Å². The Morgan fingerprint density at radius 1 is 1.18 bits per heavy atom. The molecule has 114 valence electrons. The fourth-order valence-electron chi connectivity index (χ4n) is 2.57. The SMILES string of the molecule is CC(C)n1cc(COc2ccccc2Cl)c2cc(O)ccc21. The molecule has 1 N–H and O–H groups in total. The molecule has 0 saturated heterocycles. The van der Waals surface area contributed by atoms with E-state index >= 15 is 0 Å². The number of benzene rings is 2. The second-order valence-electron chi connectivity index (χ2n) is 5.58. The first-order chi connectivity index (χ1) is 10.6. The van der Waals surface area contributed by atoms with Gasteiger partial charge in [-0.1, -0.05) is 23.7 Å². The van der Waals surface area contributed by atoms with Crippen molar-refractivity contribution in [1.29, 1.82) is 0 Å². The third-order valence-corrected chi connectivity index (χ3v) is 3.99. The van der Waals surface area contributed by atoms with Gasteiger partial charge in [-0.05, 0) is 44.2 Å². The van der Waals surface area contributed by atoms with Crippen LogP contribution in [0.25, 0.3) is 10.9 Å². The van der Waals surface area contributed by atoms with Crippen LogP contribution in [0.5, 0.6) is 11.5 Å². The molecule has 22 heavy (non-hydrogen) atoms. The Hall–Kier alpha value is -2.13. The van der Waals surface area contributed by atoms with Crippen molar-refractivity contribution in [3.05, 3.63) is 59.2 Å². The quantitative estimate of drug-likeness (QED) is 0.721. The molecule has 0 aliphatic rings. The second kappa shape index (κ2) is 5.93. The van der Waals surface area contributed by atoms with E-state index in [0.717, 1.165) is 16.5 Å². The van der Waals surface area contributed by atoms with Crippen molar-refractivity contribution in [1.82, 2.24) is 4.57 Å². The van der Waals surface area contributed by atoms with E-state index in [1.54, 1.807) is 18.2 Å². The average Bonchev–Trinajstić information content (AvgIpc) is 2.84. The van der Waals surface area contributed by atoms with Crippen molar-refractivity contribution < 1.29 is 9.84 Å². The summed E-state index contributed by atoms with van der Waals surface area (Å²) < 4.78 is 8.02. The smallest absolute Gasteiger partial charge is 0.138 e. The zero-order valence-corrected chi connectivity index (χ0v) is 13.3. The summed E-state index contributed by atoms with van der Waals surface area (Å²) in [7, 11) is 0. The van der Waals surface area contributed by atoms with Crippen molar-refractivity contribution in [3.63, 3.8) is 0 Å². The predicted octanol–water partition coefficient (Wildman–Crippen LogP) is 5.16. The molecule has 4 heteroatoms.